The van der Waals surface area contributed by atoms with Crippen molar-refractivity contribution in [2.24, 2.45) is 5.41 Å². The highest BCUT2D eigenvalue weighted by atomic mass is 28.4. The van der Waals surface area contributed by atoms with E-state index in [0.717, 1.165) is 16.9 Å². The lowest BCUT2D eigenvalue weighted by molar-refractivity contribution is -0.159. The van der Waals surface area contributed by atoms with Crippen molar-refractivity contribution in [2.75, 3.05) is 13.7 Å². The molecule has 0 radical (unpaired) electrons. The van der Waals surface area contributed by atoms with Crippen LogP contribution in [-0.4, -0.2) is 57.5 Å². The summed E-state index contributed by atoms with van der Waals surface area (Å²) in [5, 5.41) is 0. The van der Waals surface area contributed by atoms with Gasteiger partial charge in [0.15, 0.2) is 31.7 Å². The number of rotatable bonds is 11. The maximum atomic E-state index is 12.8. The first-order valence-electron chi connectivity index (χ1n) is 14.8. The van der Waals surface area contributed by atoms with Crippen molar-refractivity contribution in [2.45, 2.75) is 76.5 Å². The molecule has 7 nitrogen and oxygen atoms in total. The second-order valence-corrected chi connectivity index (χ2v) is 17.5. The Hall–Kier alpha value is -3.79. The van der Waals surface area contributed by atoms with Crippen LogP contribution in [0.15, 0.2) is 78.4 Å². The molecule has 0 saturated carbocycles. The van der Waals surface area contributed by atoms with Gasteiger partial charge in [-0.25, -0.2) is 0 Å². The zero-order chi connectivity index (χ0) is 31.6. The number of carbonyl (C=O) groups excluding carboxylic acids is 1. The predicted octanol–water partition coefficient (Wildman–Crippen LogP) is 5.86. The summed E-state index contributed by atoms with van der Waals surface area (Å²) in [6.45, 7) is 12.0. The Balaban J connectivity index is 1.50. The smallest absolute Gasteiger partial charge is 0.311 e. The van der Waals surface area contributed by atoms with E-state index >= 15 is 0 Å². The average molecular weight is 613 g/mol. The van der Waals surface area contributed by atoms with Crippen molar-refractivity contribution < 1.29 is 32.9 Å². The van der Waals surface area contributed by atoms with Crippen LogP contribution < -0.4 is 9.47 Å². The summed E-state index contributed by atoms with van der Waals surface area (Å²) in [5.74, 6) is 14.4. The molecule has 3 aliphatic rings. The van der Waals surface area contributed by atoms with Crippen LogP contribution in [0.3, 0.4) is 0 Å². The van der Waals surface area contributed by atoms with E-state index in [1.807, 2.05) is 93.6 Å². The van der Waals surface area contributed by atoms with Crippen LogP contribution in [0.4, 0.5) is 0 Å². The Morgan fingerprint density at radius 2 is 1.75 bits per heavy atom. The van der Waals surface area contributed by atoms with Gasteiger partial charge in [0.25, 0.3) is 0 Å². The van der Waals surface area contributed by atoms with E-state index in [1.165, 1.54) is 0 Å². The van der Waals surface area contributed by atoms with Gasteiger partial charge in [-0.1, -0.05) is 60.1 Å². The van der Waals surface area contributed by atoms with Crippen molar-refractivity contribution in [3.05, 3.63) is 84.0 Å². The fourth-order valence-corrected chi connectivity index (χ4v) is 6.30. The molecule has 230 valence electrons. The molecule has 44 heavy (non-hydrogen) atoms. The monoisotopic (exact) mass is 612 g/mol. The molecule has 0 N–H and O–H groups in total. The largest absolute Gasteiger partial charge is 0.497 e. The van der Waals surface area contributed by atoms with Gasteiger partial charge in [-0.2, -0.15) is 0 Å². The van der Waals surface area contributed by atoms with Gasteiger partial charge in [-0.15, -0.1) is 0 Å². The molecule has 0 bridgehead atoms. The van der Waals surface area contributed by atoms with Gasteiger partial charge in [0.1, 0.15) is 24.2 Å². The molecule has 5 atom stereocenters. The number of carbonyl (C=O) groups is 1. The lowest BCUT2D eigenvalue weighted by Gasteiger charge is -2.39. The number of ether oxygens (including phenoxy) is 5. The number of esters is 1. The van der Waals surface area contributed by atoms with Crippen LogP contribution in [-0.2, 0) is 30.0 Å². The molecule has 5 rings (SSSR count). The van der Waals surface area contributed by atoms with Gasteiger partial charge in [-0.05, 0) is 82.4 Å². The van der Waals surface area contributed by atoms with Crippen molar-refractivity contribution in [1.29, 1.82) is 0 Å². The molecule has 8 heteroatoms. The second-order valence-electron chi connectivity index (χ2n) is 13.1. The predicted molar refractivity (Wildman–Crippen MR) is 170 cm³/mol. The third-order valence-electron chi connectivity index (χ3n) is 7.34. The first kappa shape index (κ1) is 31.6. The highest BCUT2D eigenvalue weighted by Gasteiger charge is 2.63. The quantitative estimate of drug-likeness (QED) is 0.136. The normalized spacial score (nSPS) is 25.7. The molecule has 0 aromatic heterocycles. The number of methoxy groups -OCH3 is 1. The Kier molecular flexibility index (Phi) is 8.84. The first-order chi connectivity index (χ1) is 20.8. The molecule has 1 heterocycles. The summed E-state index contributed by atoms with van der Waals surface area (Å²) in [6, 6.07) is 17.2. The van der Waals surface area contributed by atoms with Crippen molar-refractivity contribution in [1.82, 2.24) is 0 Å². The Morgan fingerprint density at radius 1 is 1.02 bits per heavy atom. The van der Waals surface area contributed by atoms with Crippen molar-refractivity contribution in [3.63, 3.8) is 0 Å². The maximum absolute atomic E-state index is 12.8. The molecule has 1 fully saturated rings. The summed E-state index contributed by atoms with van der Waals surface area (Å²) in [4.78, 5) is 12.8. The van der Waals surface area contributed by atoms with Gasteiger partial charge < -0.3 is 28.1 Å². The molecule has 0 amide bonds. The minimum atomic E-state index is -2.13. The number of para-hydroxylation sites is 1. The summed E-state index contributed by atoms with van der Waals surface area (Å²) in [6.07, 6.45) is 3.89. The van der Waals surface area contributed by atoms with E-state index in [2.05, 4.69) is 43.3 Å². The van der Waals surface area contributed by atoms with Crippen LogP contribution in [0.2, 0.25) is 19.6 Å². The highest BCUT2D eigenvalue weighted by Crippen LogP contribution is 2.44. The summed E-state index contributed by atoms with van der Waals surface area (Å²) >= 11 is 0. The van der Waals surface area contributed by atoms with Crippen LogP contribution in [0.25, 0.3) is 0 Å². The molecule has 0 spiro atoms. The average Bonchev–Trinajstić information content (AvgIpc) is 3.53. The standard InChI is InChI=1S/C36H40O7Si/c1-34(2,3)33(37)40-25-32(39-24-26-15-17-28(38-4)18-16-26)36-23-21-27-12-11-22-35(27,43-44(5,6)7)30(19-20-31(36)42-36)41-29-13-9-8-10-14-29/h8-18,22,30-32H,24-25H2,1-7H3/t30-,31-,32+,35-,36+/m1/s1. The lowest BCUT2D eigenvalue weighted by Crippen LogP contribution is -2.52. The number of hydrogen-bond donors (Lipinski definition) is 0. The van der Waals surface area contributed by atoms with Crippen LogP contribution in [0.5, 0.6) is 11.5 Å². The van der Waals surface area contributed by atoms with E-state index in [4.69, 9.17) is 28.1 Å². The van der Waals surface area contributed by atoms with E-state index in [9.17, 15) is 4.79 Å². The second kappa shape index (κ2) is 12.3. The van der Waals surface area contributed by atoms with Gasteiger partial charge in [0.05, 0.1) is 19.1 Å². The summed E-state index contributed by atoms with van der Waals surface area (Å²) in [7, 11) is -0.506. The number of allylic oxidation sites excluding steroid dienone is 2. The van der Waals surface area contributed by atoms with Crippen molar-refractivity contribution >= 4 is 14.3 Å². The third kappa shape index (κ3) is 6.95. The minimum absolute atomic E-state index is 0.0447. The molecule has 2 aromatic rings. The molecule has 2 aromatic carbocycles. The minimum Gasteiger partial charge on any atom is -0.497 e. The Morgan fingerprint density at radius 3 is 2.41 bits per heavy atom. The zero-order valence-electron chi connectivity index (χ0n) is 26.4. The Labute approximate surface area is 261 Å². The number of epoxide rings is 1. The maximum Gasteiger partial charge on any atom is 0.311 e. The van der Waals surface area contributed by atoms with Gasteiger partial charge in [0, 0.05) is 5.57 Å². The van der Waals surface area contributed by atoms with E-state index in [1.54, 1.807) is 7.11 Å². The number of hydrogen-bond acceptors (Lipinski definition) is 7. The van der Waals surface area contributed by atoms with Crippen LogP contribution in [0.1, 0.15) is 26.3 Å². The number of benzene rings is 2. The van der Waals surface area contributed by atoms with E-state index in [-0.39, 0.29) is 19.2 Å². The molecule has 1 aliphatic heterocycles. The first-order valence-corrected chi connectivity index (χ1v) is 18.2. The van der Waals surface area contributed by atoms with Crippen LogP contribution in [0, 0.1) is 29.1 Å². The summed E-state index contributed by atoms with van der Waals surface area (Å²) in [5.41, 5.74) is -1.13. The molecular formula is C36H40O7Si. The lowest BCUT2D eigenvalue weighted by atomic mass is 9.90. The Bertz CT molecular complexity index is 1540. The fourth-order valence-electron chi connectivity index (χ4n) is 5.00. The van der Waals surface area contributed by atoms with Gasteiger partial charge >= 0.3 is 5.97 Å². The highest BCUT2D eigenvalue weighted by molar-refractivity contribution is 6.69. The third-order valence-corrected chi connectivity index (χ3v) is 8.29. The van der Waals surface area contributed by atoms with Gasteiger partial charge in [-0.3, -0.25) is 4.79 Å². The van der Waals surface area contributed by atoms with Crippen molar-refractivity contribution in [3.8, 4) is 35.2 Å². The molecule has 0 unspecified atom stereocenters. The summed E-state index contributed by atoms with van der Waals surface area (Å²) < 4.78 is 37.1. The van der Waals surface area contributed by atoms with E-state index < -0.39 is 43.2 Å². The molecule has 2 aliphatic carbocycles. The van der Waals surface area contributed by atoms with E-state index in [0.29, 0.717) is 5.75 Å². The SMILES string of the molecule is COc1ccc(CO[C@@H](COC(=O)C(C)(C)C)[C@]23C#CC4=CC=C[C@]4(O[Si](C)(C)C)[C@H](Oc4ccccc4)C#C[C@H]2O3)cc1. The number of fused-ring (bicyclic) bond motifs is 2. The van der Waals surface area contributed by atoms with Gasteiger partial charge in [0.2, 0.25) is 0 Å². The zero-order valence-corrected chi connectivity index (χ0v) is 27.4. The molecule has 1 saturated heterocycles. The fraction of sp³-hybridized carbons (Fsp3) is 0.417. The van der Waals surface area contributed by atoms with Crippen LogP contribution >= 0.6 is 0 Å². The molecular weight excluding hydrogens is 572 g/mol. The topological polar surface area (TPSA) is 75.8 Å².